The third-order valence-corrected chi connectivity index (χ3v) is 5.58. The lowest BCUT2D eigenvalue weighted by atomic mass is 10.2. The molecule has 0 aliphatic carbocycles. The molecule has 0 heterocycles. The van der Waals surface area contributed by atoms with Crippen molar-refractivity contribution in [3.05, 3.63) is 29.8 Å². The fourth-order valence-electron chi connectivity index (χ4n) is 1.67. The molecule has 0 aliphatic rings. The van der Waals surface area contributed by atoms with Crippen molar-refractivity contribution in [3.63, 3.8) is 0 Å². The molecule has 0 amide bonds. The standard InChI is InChI=1S/C14H23NO3S/c1-3-12(2)19(16,17)9-5-8-18-14-7-4-6-13(10-14)11-15/h4,6-7,10,12H,3,5,8-9,11,15H2,1-2H3. The second-order valence-corrected chi connectivity index (χ2v) is 7.18. The van der Waals surface area contributed by atoms with Crippen molar-refractivity contribution in [1.29, 1.82) is 0 Å². The summed E-state index contributed by atoms with van der Waals surface area (Å²) in [6.45, 7) is 4.52. The summed E-state index contributed by atoms with van der Waals surface area (Å²) >= 11 is 0. The Balaban J connectivity index is 2.38. The Morgan fingerprint density at radius 2 is 2.11 bits per heavy atom. The first-order chi connectivity index (χ1) is 8.99. The summed E-state index contributed by atoms with van der Waals surface area (Å²) in [7, 11) is -2.98. The molecule has 0 bridgehead atoms. The van der Waals surface area contributed by atoms with Crippen LogP contribution in [0.3, 0.4) is 0 Å². The summed E-state index contributed by atoms with van der Waals surface area (Å²) in [4.78, 5) is 0. The van der Waals surface area contributed by atoms with Crippen LogP contribution in [-0.2, 0) is 16.4 Å². The lowest BCUT2D eigenvalue weighted by molar-refractivity contribution is 0.317. The summed E-state index contributed by atoms with van der Waals surface area (Å²) < 4.78 is 29.1. The molecule has 108 valence electrons. The quantitative estimate of drug-likeness (QED) is 0.743. The van der Waals surface area contributed by atoms with Crippen molar-refractivity contribution in [2.24, 2.45) is 5.73 Å². The summed E-state index contributed by atoms with van der Waals surface area (Å²) in [6.07, 6.45) is 1.17. The van der Waals surface area contributed by atoms with Gasteiger partial charge in [0, 0.05) is 6.54 Å². The predicted molar refractivity (Wildman–Crippen MR) is 78.0 cm³/mol. The van der Waals surface area contributed by atoms with Crippen molar-refractivity contribution >= 4 is 9.84 Å². The highest BCUT2D eigenvalue weighted by Crippen LogP contribution is 2.13. The van der Waals surface area contributed by atoms with Crippen LogP contribution in [0, 0.1) is 0 Å². The maximum Gasteiger partial charge on any atom is 0.153 e. The van der Waals surface area contributed by atoms with Crippen LogP contribution in [-0.4, -0.2) is 26.0 Å². The number of sulfone groups is 1. The first-order valence-corrected chi connectivity index (χ1v) is 8.34. The zero-order valence-corrected chi connectivity index (χ0v) is 12.4. The van der Waals surface area contributed by atoms with E-state index in [1.165, 1.54) is 0 Å². The lowest BCUT2D eigenvalue weighted by Crippen LogP contribution is -2.21. The third kappa shape index (κ3) is 5.20. The van der Waals surface area contributed by atoms with Gasteiger partial charge in [-0.25, -0.2) is 8.42 Å². The highest BCUT2D eigenvalue weighted by Gasteiger charge is 2.18. The maximum absolute atomic E-state index is 11.8. The van der Waals surface area contributed by atoms with E-state index in [-0.39, 0.29) is 11.0 Å². The Bertz CT molecular complexity index is 485. The summed E-state index contributed by atoms with van der Waals surface area (Å²) in [5.74, 6) is 0.919. The van der Waals surface area contributed by atoms with Crippen molar-refractivity contribution < 1.29 is 13.2 Å². The van der Waals surface area contributed by atoms with E-state index in [2.05, 4.69) is 0 Å². The van der Waals surface area contributed by atoms with E-state index < -0.39 is 9.84 Å². The number of nitrogens with two attached hydrogens (primary N) is 1. The molecular weight excluding hydrogens is 262 g/mol. The third-order valence-electron chi connectivity index (χ3n) is 3.16. The van der Waals surface area contributed by atoms with E-state index in [0.717, 1.165) is 11.3 Å². The minimum atomic E-state index is -2.98. The highest BCUT2D eigenvalue weighted by atomic mass is 32.2. The molecule has 1 aromatic carbocycles. The molecule has 0 radical (unpaired) electrons. The number of rotatable bonds is 8. The fourth-order valence-corrected chi connectivity index (χ4v) is 3.10. The average molecular weight is 285 g/mol. The average Bonchev–Trinajstić information content (AvgIpc) is 2.43. The van der Waals surface area contributed by atoms with Crippen LogP contribution in [0.25, 0.3) is 0 Å². The molecule has 1 rings (SSSR count). The first kappa shape index (κ1) is 16.0. The van der Waals surface area contributed by atoms with Crippen molar-refractivity contribution in [2.45, 2.75) is 38.5 Å². The monoisotopic (exact) mass is 285 g/mol. The van der Waals surface area contributed by atoms with Crippen molar-refractivity contribution in [3.8, 4) is 5.75 Å². The van der Waals surface area contributed by atoms with Crippen LogP contribution in [0.2, 0.25) is 0 Å². The van der Waals surface area contributed by atoms with Crippen LogP contribution in [0.15, 0.2) is 24.3 Å². The minimum absolute atomic E-state index is 0.179. The normalized spacial score (nSPS) is 13.2. The Morgan fingerprint density at radius 1 is 1.37 bits per heavy atom. The smallest absolute Gasteiger partial charge is 0.153 e. The molecule has 4 nitrogen and oxygen atoms in total. The van der Waals surface area contributed by atoms with Gasteiger partial charge >= 0.3 is 0 Å². The van der Waals surface area contributed by atoms with E-state index in [9.17, 15) is 8.42 Å². The molecule has 0 spiro atoms. The van der Waals surface area contributed by atoms with Crippen LogP contribution < -0.4 is 10.5 Å². The lowest BCUT2D eigenvalue weighted by Gasteiger charge is -2.11. The van der Waals surface area contributed by atoms with Crippen LogP contribution in [0.4, 0.5) is 0 Å². The van der Waals surface area contributed by atoms with Gasteiger partial charge in [0.1, 0.15) is 5.75 Å². The van der Waals surface area contributed by atoms with E-state index in [4.69, 9.17) is 10.5 Å². The SMILES string of the molecule is CCC(C)S(=O)(=O)CCCOc1cccc(CN)c1. The van der Waals surface area contributed by atoms with Gasteiger partial charge in [-0.2, -0.15) is 0 Å². The van der Waals surface area contributed by atoms with Gasteiger partial charge in [-0.05, 0) is 37.5 Å². The fraction of sp³-hybridized carbons (Fsp3) is 0.571. The maximum atomic E-state index is 11.8. The molecular formula is C14H23NO3S. The summed E-state index contributed by atoms with van der Waals surface area (Å²) in [5.41, 5.74) is 6.55. The van der Waals surface area contributed by atoms with Gasteiger partial charge in [-0.15, -0.1) is 0 Å². The summed E-state index contributed by atoms with van der Waals surface area (Å²) in [5, 5.41) is -0.270. The highest BCUT2D eigenvalue weighted by molar-refractivity contribution is 7.91. The molecule has 0 fully saturated rings. The van der Waals surface area contributed by atoms with Crippen molar-refractivity contribution in [1.82, 2.24) is 0 Å². The molecule has 0 saturated heterocycles. The molecule has 1 atom stereocenters. The largest absolute Gasteiger partial charge is 0.494 e. The zero-order chi connectivity index (χ0) is 14.3. The number of hydrogen-bond acceptors (Lipinski definition) is 4. The van der Waals surface area contributed by atoms with Gasteiger partial charge in [0.2, 0.25) is 0 Å². The predicted octanol–water partition coefficient (Wildman–Crippen LogP) is 2.13. The van der Waals surface area contributed by atoms with Gasteiger partial charge in [-0.1, -0.05) is 19.1 Å². The van der Waals surface area contributed by atoms with Crippen LogP contribution in [0.5, 0.6) is 5.75 Å². The first-order valence-electron chi connectivity index (χ1n) is 6.63. The van der Waals surface area contributed by atoms with Crippen LogP contribution in [0.1, 0.15) is 32.3 Å². The van der Waals surface area contributed by atoms with Crippen molar-refractivity contribution in [2.75, 3.05) is 12.4 Å². The van der Waals surface area contributed by atoms with E-state index in [1.54, 1.807) is 6.92 Å². The number of benzene rings is 1. The van der Waals surface area contributed by atoms with E-state index in [1.807, 2.05) is 31.2 Å². The molecule has 5 heteroatoms. The molecule has 1 aromatic rings. The second-order valence-electron chi connectivity index (χ2n) is 4.64. The van der Waals surface area contributed by atoms with Gasteiger partial charge < -0.3 is 10.5 Å². The molecule has 0 saturated carbocycles. The molecule has 19 heavy (non-hydrogen) atoms. The molecule has 1 unspecified atom stereocenters. The van der Waals surface area contributed by atoms with E-state index >= 15 is 0 Å². The van der Waals surface area contributed by atoms with E-state index in [0.29, 0.717) is 26.0 Å². The van der Waals surface area contributed by atoms with Crippen LogP contribution >= 0.6 is 0 Å². The Labute approximate surface area is 115 Å². The second kappa shape index (κ2) is 7.50. The number of hydrogen-bond donors (Lipinski definition) is 1. The number of ether oxygens (including phenoxy) is 1. The van der Waals surface area contributed by atoms with Gasteiger partial charge in [0.15, 0.2) is 9.84 Å². The summed E-state index contributed by atoms with van der Waals surface area (Å²) in [6, 6.07) is 7.54. The molecule has 0 aromatic heterocycles. The Morgan fingerprint density at radius 3 is 2.74 bits per heavy atom. The van der Waals surface area contributed by atoms with Gasteiger partial charge in [-0.3, -0.25) is 0 Å². The van der Waals surface area contributed by atoms with Gasteiger partial charge in [0.25, 0.3) is 0 Å². The van der Waals surface area contributed by atoms with Gasteiger partial charge in [0.05, 0.1) is 17.6 Å². The Hall–Kier alpha value is -1.07. The molecule has 2 N–H and O–H groups in total. The molecule has 0 aliphatic heterocycles. The minimum Gasteiger partial charge on any atom is -0.494 e. The topological polar surface area (TPSA) is 69.4 Å². The Kier molecular flexibility index (Phi) is 6.31. The zero-order valence-electron chi connectivity index (χ0n) is 11.6.